The van der Waals surface area contributed by atoms with Gasteiger partial charge >= 0.3 is 5.97 Å². The quantitative estimate of drug-likeness (QED) is 0.316. The molecule has 0 unspecified atom stereocenters. The van der Waals surface area contributed by atoms with Crippen LogP contribution in [0.1, 0.15) is 19.3 Å². The molecule has 0 fully saturated rings. The van der Waals surface area contributed by atoms with Crippen LogP contribution in [0.15, 0.2) is 0 Å². The molecule has 0 spiro atoms. The summed E-state index contributed by atoms with van der Waals surface area (Å²) in [5, 5.41) is 13.6. The van der Waals surface area contributed by atoms with Crippen molar-refractivity contribution in [2.24, 2.45) is 0 Å². The Labute approximate surface area is 134 Å². The lowest BCUT2D eigenvalue weighted by Gasteiger charge is -2.30. The average Bonchev–Trinajstić information content (AvgIpc) is 2.42. The van der Waals surface area contributed by atoms with Crippen LogP contribution in [0.25, 0.3) is 0 Å². The minimum atomic E-state index is -0.948. The fraction of sp³-hybridized carbons (Fsp3) is 0.727. The van der Waals surface area contributed by atoms with Crippen molar-refractivity contribution < 1.29 is 19.5 Å². The summed E-state index contributed by atoms with van der Waals surface area (Å²) in [5.41, 5.74) is -0.611. The molecular weight excluding hydrogens is 320 g/mol. The van der Waals surface area contributed by atoms with Gasteiger partial charge in [0, 0.05) is 30.1 Å². The molecule has 116 valence electrons. The van der Waals surface area contributed by atoms with Gasteiger partial charge in [-0.3, -0.25) is 14.4 Å². The highest BCUT2D eigenvalue weighted by Gasteiger charge is 2.27. The molecule has 0 aromatic rings. The Morgan fingerprint density at radius 3 is 1.95 bits per heavy atom. The van der Waals surface area contributed by atoms with Crippen LogP contribution >= 0.6 is 37.9 Å². The van der Waals surface area contributed by atoms with Crippen LogP contribution in [0.4, 0.5) is 0 Å². The monoisotopic (exact) mass is 340 g/mol. The molecule has 0 saturated carbocycles. The van der Waals surface area contributed by atoms with E-state index in [4.69, 9.17) is 5.11 Å². The third kappa shape index (κ3) is 7.91. The second-order valence-electron chi connectivity index (χ2n) is 4.33. The molecule has 0 saturated heterocycles. The molecule has 0 aliphatic rings. The minimum absolute atomic E-state index is 0.0678. The van der Waals surface area contributed by atoms with E-state index in [1.165, 1.54) is 0 Å². The highest BCUT2D eigenvalue weighted by atomic mass is 32.1. The molecule has 0 rings (SSSR count). The molecule has 20 heavy (non-hydrogen) atoms. The lowest BCUT2D eigenvalue weighted by Crippen LogP contribution is -2.55. The molecule has 9 heteroatoms. The molecule has 3 N–H and O–H groups in total. The van der Waals surface area contributed by atoms with Crippen molar-refractivity contribution in [3.8, 4) is 0 Å². The Balaban J connectivity index is 4.03. The zero-order chi connectivity index (χ0) is 15.6. The Hall–Kier alpha value is -0.540. The molecule has 0 radical (unpaired) electrons. The number of carboxylic acids is 1. The molecule has 0 aromatic heterocycles. The predicted molar refractivity (Wildman–Crippen MR) is 86.9 cm³/mol. The summed E-state index contributed by atoms with van der Waals surface area (Å²) in [5.74, 6) is -0.491. The van der Waals surface area contributed by atoms with E-state index < -0.39 is 11.5 Å². The van der Waals surface area contributed by atoms with E-state index in [-0.39, 0.29) is 37.6 Å². The van der Waals surface area contributed by atoms with Crippen LogP contribution in [0.2, 0.25) is 0 Å². The van der Waals surface area contributed by atoms with Crippen molar-refractivity contribution in [2.45, 2.75) is 24.8 Å². The second kappa shape index (κ2) is 10.2. The first-order valence-corrected chi connectivity index (χ1v) is 7.91. The van der Waals surface area contributed by atoms with Gasteiger partial charge in [-0.1, -0.05) is 0 Å². The molecule has 0 aromatic carbocycles. The van der Waals surface area contributed by atoms with Gasteiger partial charge in [0.25, 0.3) is 0 Å². The van der Waals surface area contributed by atoms with E-state index in [1.807, 2.05) is 0 Å². The summed E-state index contributed by atoms with van der Waals surface area (Å²) in [6, 6.07) is 0. The SMILES string of the molecule is O=C(O)CCCC(=O)NCC(=O)NC(CS)(CS)CS. The normalized spacial score (nSPS) is 10.9. The number of carboxylic acid groups (broad SMARTS) is 1. The number of rotatable bonds is 10. The number of hydrogen-bond acceptors (Lipinski definition) is 6. The number of hydrogen-bond donors (Lipinski definition) is 6. The van der Waals surface area contributed by atoms with Gasteiger partial charge in [0.05, 0.1) is 12.1 Å². The Morgan fingerprint density at radius 2 is 1.50 bits per heavy atom. The molecule has 2 amide bonds. The van der Waals surface area contributed by atoms with Crippen molar-refractivity contribution in [1.82, 2.24) is 10.6 Å². The van der Waals surface area contributed by atoms with Crippen LogP contribution in [0.5, 0.6) is 0 Å². The molecule has 6 nitrogen and oxygen atoms in total. The Morgan fingerprint density at radius 1 is 0.950 bits per heavy atom. The minimum Gasteiger partial charge on any atom is -0.481 e. The topological polar surface area (TPSA) is 95.5 Å². The van der Waals surface area contributed by atoms with Gasteiger partial charge in [0.2, 0.25) is 11.8 Å². The summed E-state index contributed by atoms with van der Waals surface area (Å²) in [6.07, 6.45) is 0.259. The van der Waals surface area contributed by atoms with Crippen molar-refractivity contribution >= 4 is 55.7 Å². The summed E-state index contributed by atoms with van der Waals surface area (Å²) < 4.78 is 0. The van der Waals surface area contributed by atoms with Gasteiger partial charge in [-0.05, 0) is 6.42 Å². The highest BCUT2D eigenvalue weighted by molar-refractivity contribution is 7.82. The van der Waals surface area contributed by atoms with Crippen molar-refractivity contribution in [3.05, 3.63) is 0 Å². The van der Waals surface area contributed by atoms with Gasteiger partial charge in [0.1, 0.15) is 0 Å². The van der Waals surface area contributed by atoms with E-state index in [9.17, 15) is 14.4 Å². The smallest absolute Gasteiger partial charge is 0.303 e. The van der Waals surface area contributed by atoms with Crippen LogP contribution in [-0.4, -0.2) is 52.2 Å². The van der Waals surface area contributed by atoms with E-state index in [0.29, 0.717) is 17.3 Å². The van der Waals surface area contributed by atoms with E-state index >= 15 is 0 Å². The number of amides is 2. The fourth-order valence-corrected chi connectivity index (χ4v) is 2.71. The van der Waals surface area contributed by atoms with Gasteiger partial charge in [-0.2, -0.15) is 37.9 Å². The number of carbonyl (C=O) groups is 3. The predicted octanol–water partition coefficient (Wildman–Crippen LogP) is 0.00190. The number of nitrogens with one attached hydrogen (secondary N) is 2. The van der Waals surface area contributed by atoms with Crippen LogP contribution in [0, 0.1) is 0 Å². The zero-order valence-electron chi connectivity index (χ0n) is 11.0. The number of aliphatic carboxylic acids is 1. The Kier molecular flexibility index (Phi) is 9.95. The standard InChI is InChI=1S/C11H20N2O4S3/c14-8(2-1-3-10(16)17)12-4-9(15)13-11(5-18,6-19)7-20/h18-20H,1-7H2,(H,12,14)(H,13,15)(H,16,17). The largest absolute Gasteiger partial charge is 0.481 e. The maximum Gasteiger partial charge on any atom is 0.303 e. The maximum atomic E-state index is 11.7. The van der Waals surface area contributed by atoms with Gasteiger partial charge in [-0.15, -0.1) is 0 Å². The maximum absolute atomic E-state index is 11.7. The van der Waals surface area contributed by atoms with Gasteiger partial charge in [0.15, 0.2) is 0 Å². The lowest BCUT2D eigenvalue weighted by atomic mass is 10.1. The summed E-state index contributed by atoms with van der Waals surface area (Å²) in [6.45, 7) is -0.164. The Bertz CT molecular complexity index is 340. The molecule has 0 aliphatic heterocycles. The first-order chi connectivity index (χ1) is 9.39. The third-order valence-corrected chi connectivity index (χ3v) is 4.37. The molecule has 0 heterocycles. The van der Waals surface area contributed by atoms with Crippen LogP contribution in [0.3, 0.4) is 0 Å². The zero-order valence-corrected chi connectivity index (χ0v) is 13.6. The summed E-state index contributed by atoms with van der Waals surface area (Å²) >= 11 is 12.5. The van der Waals surface area contributed by atoms with Crippen molar-refractivity contribution in [1.29, 1.82) is 0 Å². The number of thiol groups is 3. The van der Waals surface area contributed by atoms with E-state index in [0.717, 1.165) is 0 Å². The van der Waals surface area contributed by atoms with Crippen molar-refractivity contribution in [3.63, 3.8) is 0 Å². The van der Waals surface area contributed by atoms with Crippen LogP contribution in [-0.2, 0) is 14.4 Å². The molecular formula is C11H20N2O4S3. The molecule has 0 atom stereocenters. The fourth-order valence-electron chi connectivity index (χ4n) is 1.28. The molecule has 0 aliphatic carbocycles. The van der Waals surface area contributed by atoms with E-state index in [1.54, 1.807) is 0 Å². The van der Waals surface area contributed by atoms with Crippen molar-refractivity contribution in [2.75, 3.05) is 23.8 Å². The van der Waals surface area contributed by atoms with E-state index in [2.05, 4.69) is 48.5 Å². The third-order valence-electron chi connectivity index (χ3n) is 2.55. The van der Waals surface area contributed by atoms with Gasteiger partial charge in [-0.25, -0.2) is 0 Å². The first-order valence-electron chi connectivity index (χ1n) is 6.01. The lowest BCUT2D eigenvalue weighted by molar-refractivity contribution is -0.137. The average molecular weight is 340 g/mol. The highest BCUT2D eigenvalue weighted by Crippen LogP contribution is 2.11. The molecule has 0 bridgehead atoms. The number of carbonyl (C=O) groups excluding carboxylic acids is 2. The summed E-state index contributed by atoms with van der Waals surface area (Å²) in [4.78, 5) is 33.4. The second-order valence-corrected chi connectivity index (χ2v) is 5.28. The summed E-state index contributed by atoms with van der Waals surface area (Å²) in [7, 11) is 0. The van der Waals surface area contributed by atoms with Crippen LogP contribution < -0.4 is 10.6 Å². The van der Waals surface area contributed by atoms with Gasteiger partial charge < -0.3 is 15.7 Å². The first kappa shape index (κ1) is 19.5.